The van der Waals surface area contributed by atoms with Gasteiger partial charge in [-0.3, -0.25) is 4.79 Å². The van der Waals surface area contributed by atoms with Crippen LogP contribution in [-0.4, -0.2) is 20.1 Å². The number of amides is 1. The average Bonchev–Trinajstić information content (AvgIpc) is 2.68. The molecular formula is C21H18ClNO3. The van der Waals surface area contributed by atoms with Crippen LogP contribution < -0.4 is 14.8 Å². The number of hydrogen-bond acceptors (Lipinski definition) is 3. The standard InChI is InChI=1S/C21H18ClNO3/c1-25-19-13-15(12-17(22)20(19)26-2)21(24)23-18-11-7-6-10-16(18)14-8-4-3-5-9-14/h3-13H,1-2H3,(H,23,24). The number of nitrogens with one attached hydrogen (secondary N) is 1. The summed E-state index contributed by atoms with van der Waals surface area (Å²) in [4.78, 5) is 12.8. The van der Waals surface area contributed by atoms with E-state index in [1.54, 1.807) is 12.1 Å². The third-order valence-corrected chi connectivity index (χ3v) is 4.24. The third kappa shape index (κ3) is 3.65. The number of ether oxygens (including phenoxy) is 2. The molecule has 132 valence electrons. The first-order chi connectivity index (χ1) is 12.6. The molecule has 3 aromatic rings. The van der Waals surface area contributed by atoms with Crippen molar-refractivity contribution in [3.05, 3.63) is 77.3 Å². The van der Waals surface area contributed by atoms with Crippen molar-refractivity contribution in [1.29, 1.82) is 0 Å². The summed E-state index contributed by atoms with van der Waals surface area (Å²) >= 11 is 6.20. The number of rotatable bonds is 5. The van der Waals surface area contributed by atoms with Crippen molar-refractivity contribution < 1.29 is 14.3 Å². The van der Waals surface area contributed by atoms with Gasteiger partial charge in [-0.15, -0.1) is 0 Å². The number of methoxy groups -OCH3 is 2. The molecule has 3 aromatic carbocycles. The summed E-state index contributed by atoms with van der Waals surface area (Å²) in [6, 6.07) is 20.7. The van der Waals surface area contributed by atoms with Gasteiger partial charge in [0, 0.05) is 16.8 Å². The Morgan fingerprint density at radius 1 is 0.923 bits per heavy atom. The second-order valence-corrected chi connectivity index (χ2v) is 5.97. The summed E-state index contributed by atoms with van der Waals surface area (Å²) in [7, 11) is 3.00. The molecule has 5 heteroatoms. The van der Waals surface area contributed by atoms with Gasteiger partial charge in [0.2, 0.25) is 0 Å². The van der Waals surface area contributed by atoms with E-state index in [-0.39, 0.29) is 5.91 Å². The average molecular weight is 368 g/mol. The largest absolute Gasteiger partial charge is 0.493 e. The molecule has 0 saturated carbocycles. The van der Waals surface area contributed by atoms with Crippen LogP contribution in [0.3, 0.4) is 0 Å². The van der Waals surface area contributed by atoms with Gasteiger partial charge in [-0.1, -0.05) is 60.1 Å². The number of halogens is 1. The molecule has 0 unspecified atom stereocenters. The Bertz CT molecular complexity index is 926. The number of hydrogen-bond donors (Lipinski definition) is 1. The smallest absolute Gasteiger partial charge is 0.255 e. The Labute approximate surface area is 157 Å². The maximum atomic E-state index is 12.8. The predicted molar refractivity (Wildman–Crippen MR) is 104 cm³/mol. The molecule has 0 saturated heterocycles. The summed E-state index contributed by atoms with van der Waals surface area (Å²) in [5, 5.41) is 3.26. The zero-order chi connectivity index (χ0) is 18.5. The Morgan fingerprint density at radius 2 is 1.62 bits per heavy atom. The lowest BCUT2D eigenvalue weighted by molar-refractivity contribution is 0.102. The minimum absolute atomic E-state index is 0.281. The van der Waals surface area contributed by atoms with Crippen LogP contribution >= 0.6 is 11.6 Å². The van der Waals surface area contributed by atoms with E-state index >= 15 is 0 Å². The van der Waals surface area contributed by atoms with E-state index < -0.39 is 0 Å². The first-order valence-electron chi connectivity index (χ1n) is 8.01. The fourth-order valence-corrected chi connectivity index (χ4v) is 2.99. The highest BCUT2D eigenvalue weighted by Gasteiger charge is 2.16. The fourth-order valence-electron chi connectivity index (χ4n) is 2.71. The lowest BCUT2D eigenvalue weighted by Gasteiger charge is -2.14. The minimum atomic E-state index is -0.281. The van der Waals surface area contributed by atoms with E-state index in [0.717, 1.165) is 16.8 Å². The highest BCUT2D eigenvalue weighted by atomic mass is 35.5. The molecule has 0 heterocycles. The van der Waals surface area contributed by atoms with E-state index in [1.165, 1.54) is 14.2 Å². The Morgan fingerprint density at radius 3 is 2.31 bits per heavy atom. The van der Waals surface area contributed by atoms with Crippen LogP contribution in [0, 0.1) is 0 Å². The van der Waals surface area contributed by atoms with Crippen molar-refractivity contribution in [2.24, 2.45) is 0 Å². The number of carbonyl (C=O) groups excluding carboxylic acids is 1. The van der Waals surface area contributed by atoms with Crippen molar-refractivity contribution in [2.75, 3.05) is 19.5 Å². The molecule has 0 radical (unpaired) electrons. The van der Waals surface area contributed by atoms with Gasteiger partial charge >= 0.3 is 0 Å². The Kier molecular flexibility index (Phi) is 5.44. The molecule has 0 aliphatic rings. The first-order valence-corrected chi connectivity index (χ1v) is 8.39. The minimum Gasteiger partial charge on any atom is -0.493 e. The van der Waals surface area contributed by atoms with E-state index in [9.17, 15) is 4.79 Å². The van der Waals surface area contributed by atoms with Crippen molar-refractivity contribution in [2.45, 2.75) is 0 Å². The van der Waals surface area contributed by atoms with Crippen LogP contribution in [0.2, 0.25) is 5.02 Å². The third-order valence-electron chi connectivity index (χ3n) is 3.96. The molecule has 4 nitrogen and oxygen atoms in total. The monoisotopic (exact) mass is 367 g/mol. The van der Waals surface area contributed by atoms with Gasteiger partial charge in [-0.25, -0.2) is 0 Å². The quantitative estimate of drug-likeness (QED) is 0.667. The SMILES string of the molecule is COc1cc(C(=O)Nc2ccccc2-c2ccccc2)cc(Cl)c1OC. The molecule has 1 amide bonds. The van der Waals surface area contributed by atoms with E-state index in [1.807, 2.05) is 54.6 Å². The Balaban J connectivity index is 1.94. The normalized spacial score (nSPS) is 10.3. The molecule has 26 heavy (non-hydrogen) atoms. The lowest BCUT2D eigenvalue weighted by atomic mass is 10.0. The summed E-state index contributed by atoms with van der Waals surface area (Å²) in [5.74, 6) is 0.521. The van der Waals surface area contributed by atoms with Gasteiger partial charge in [0.1, 0.15) is 0 Å². The van der Waals surface area contributed by atoms with Gasteiger partial charge in [0.25, 0.3) is 5.91 Å². The van der Waals surface area contributed by atoms with Crippen LogP contribution in [0.1, 0.15) is 10.4 Å². The van der Waals surface area contributed by atoms with Crippen molar-refractivity contribution in [1.82, 2.24) is 0 Å². The van der Waals surface area contributed by atoms with E-state index in [0.29, 0.717) is 22.1 Å². The van der Waals surface area contributed by atoms with Gasteiger partial charge < -0.3 is 14.8 Å². The molecule has 1 N–H and O–H groups in total. The Hall–Kier alpha value is -2.98. The van der Waals surface area contributed by atoms with Crippen LogP contribution in [0.5, 0.6) is 11.5 Å². The van der Waals surface area contributed by atoms with Gasteiger partial charge in [-0.05, 0) is 23.8 Å². The van der Waals surface area contributed by atoms with Gasteiger partial charge in [-0.2, -0.15) is 0 Å². The summed E-state index contributed by atoms with van der Waals surface area (Å²) in [6.07, 6.45) is 0. The van der Waals surface area contributed by atoms with E-state index in [4.69, 9.17) is 21.1 Å². The summed E-state index contributed by atoms with van der Waals surface area (Å²) in [5.41, 5.74) is 3.06. The molecule has 0 aliphatic carbocycles. The molecular weight excluding hydrogens is 350 g/mol. The molecule has 0 spiro atoms. The fraction of sp³-hybridized carbons (Fsp3) is 0.0952. The summed E-state index contributed by atoms with van der Waals surface area (Å²) < 4.78 is 10.5. The summed E-state index contributed by atoms with van der Waals surface area (Å²) in [6.45, 7) is 0. The number of benzene rings is 3. The van der Waals surface area contributed by atoms with E-state index in [2.05, 4.69) is 5.32 Å². The molecule has 0 aromatic heterocycles. The maximum Gasteiger partial charge on any atom is 0.255 e. The first kappa shape index (κ1) is 17.8. The number of carbonyl (C=O) groups is 1. The maximum absolute atomic E-state index is 12.8. The lowest BCUT2D eigenvalue weighted by Crippen LogP contribution is -2.13. The number of para-hydroxylation sites is 1. The van der Waals surface area contributed by atoms with Crippen LogP contribution in [0.4, 0.5) is 5.69 Å². The molecule has 0 bridgehead atoms. The van der Waals surface area contributed by atoms with Crippen molar-refractivity contribution in [3.8, 4) is 22.6 Å². The van der Waals surface area contributed by atoms with Crippen LogP contribution in [-0.2, 0) is 0 Å². The highest BCUT2D eigenvalue weighted by Crippen LogP contribution is 2.36. The van der Waals surface area contributed by atoms with Gasteiger partial charge in [0.15, 0.2) is 11.5 Å². The zero-order valence-electron chi connectivity index (χ0n) is 14.5. The molecule has 0 atom stereocenters. The van der Waals surface area contributed by atoms with Crippen molar-refractivity contribution >= 4 is 23.2 Å². The van der Waals surface area contributed by atoms with Crippen molar-refractivity contribution in [3.63, 3.8) is 0 Å². The second-order valence-electron chi connectivity index (χ2n) is 5.56. The number of anilines is 1. The van der Waals surface area contributed by atoms with Gasteiger partial charge in [0.05, 0.1) is 19.2 Å². The predicted octanol–water partition coefficient (Wildman–Crippen LogP) is 5.28. The highest BCUT2D eigenvalue weighted by molar-refractivity contribution is 6.32. The van der Waals surface area contributed by atoms with Crippen LogP contribution in [0.15, 0.2) is 66.7 Å². The molecule has 0 fully saturated rings. The second kappa shape index (κ2) is 7.93. The molecule has 0 aliphatic heterocycles. The molecule has 3 rings (SSSR count). The topological polar surface area (TPSA) is 47.6 Å². The van der Waals surface area contributed by atoms with Crippen LogP contribution in [0.25, 0.3) is 11.1 Å². The zero-order valence-corrected chi connectivity index (χ0v) is 15.2.